The van der Waals surface area contributed by atoms with E-state index >= 15 is 0 Å². The molecule has 1 aliphatic rings. The molecule has 7 heteroatoms. The van der Waals surface area contributed by atoms with Crippen molar-refractivity contribution >= 4 is 34.8 Å². The Kier molecular flexibility index (Phi) is 6.89. The molecule has 3 aromatic carbocycles. The number of methoxy groups -OCH3 is 1. The summed E-state index contributed by atoms with van der Waals surface area (Å²) < 4.78 is 18.9. The Morgan fingerprint density at radius 3 is 2.38 bits per heavy atom. The third-order valence-electron chi connectivity index (χ3n) is 6.16. The van der Waals surface area contributed by atoms with Gasteiger partial charge in [0.15, 0.2) is 0 Å². The fourth-order valence-corrected chi connectivity index (χ4v) is 4.62. The predicted molar refractivity (Wildman–Crippen MR) is 132 cm³/mol. The van der Waals surface area contributed by atoms with Gasteiger partial charge in [-0.2, -0.15) is 0 Å². The second kappa shape index (κ2) is 9.85. The number of nitrogens with zero attached hydrogens (tertiary/aromatic N) is 2. The van der Waals surface area contributed by atoms with Gasteiger partial charge in [-0.3, -0.25) is 9.59 Å². The molecule has 0 aliphatic carbocycles. The number of carbonyl (C=O) groups is 2. The molecule has 5 nitrogen and oxygen atoms in total. The summed E-state index contributed by atoms with van der Waals surface area (Å²) in [5, 5.41) is 0.586. The largest absolute Gasteiger partial charge is 0.497 e. The van der Waals surface area contributed by atoms with E-state index in [2.05, 4.69) is 0 Å². The van der Waals surface area contributed by atoms with E-state index in [1.807, 2.05) is 38.1 Å². The molecule has 2 atom stereocenters. The fraction of sp³-hybridized carbons (Fsp3) is 0.259. The van der Waals surface area contributed by atoms with Gasteiger partial charge in [0.25, 0.3) is 5.91 Å². The second-order valence-corrected chi connectivity index (χ2v) is 8.74. The van der Waals surface area contributed by atoms with Gasteiger partial charge in [0.2, 0.25) is 5.91 Å². The molecule has 0 saturated carbocycles. The third kappa shape index (κ3) is 4.50. The molecule has 2 amide bonds. The van der Waals surface area contributed by atoms with Crippen molar-refractivity contribution in [2.45, 2.75) is 38.8 Å². The lowest BCUT2D eigenvalue weighted by Crippen LogP contribution is -2.47. The maximum atomic E-state index is 13.5. The minimum atomic E-state index is -0.398. The smallest absolute Gasteiger partial charge is 0.258 e. The van der Waals surface area contributed by atoms with Crippen molar-refractivity contribution < 1.29 is 18.7 Å². The summed E-state index contributed by atoms with van der Waals surface area (Å²) >= 11 is 6.09. The standard InChI is InChI=1S/C27H26ClFN2O3/c1-4-26(32)31(21-11-7-19(28)8-12-21)25-15-17(2)30(24-14-13-22(34-3)16-23(24)25)27(33)18-5-9-20(29)10-6-18/h5-14,16-17,25H,4,15H2,1-3H3. The molecule has 0 aromatic heterocycles. The van der Waals surface area contributed by atoms with Crippen LogP contribution in [0.15, 0.2) is 66.7 Å². The van der Waals surface area contributed by atoms with E-state index in [1.165, 1.54) is 24.3 Å². The summed E-state index contributed by atoms with van der Waals surface area (Å²) in [5.74, 6) is -0.0264. The topological polar surface area (TPSA) is 49.9 Å². The highest BCUT2D eigenvalue weighted by Gasteiger charge is 2.39. The number of rotatable bonds is 5. The Labute approximate surface area is 203 Å². The molecule has 0 N–H and O–H groups in total. The van der Waals surface area contributed by atoms with Crippen molar-refractivity contribution in [3.8, 4) is 5.75 Å². The molecular formula is C27H26ClFN2O3. The average molecular weight is 481 g/mol. The van der Waals surface area contributed by atoms with E-state index < -0.39 is 5.82 Å². The van der Waals surface area contributed by atoms with Gasteiger partial charge in [0.05, 0.1) is 13.2 Å². The van der Waals surface area contributed by atoms with E-state index in [0.717, 1.165) is 11.3 Å². The van der Waals surface area contributed by atoms with E-state index in [9.17, 15) is 14.0 Å². The number of carbonyl (C=O) groups excluding carboxylic acids is 2. The highest BCUT2D eigenvalue weighted by atomic mass is 35.5. The first-order chi connectivity index (χ1) is 16.3. The van der Waals surface area contributed by atoms with Crippen LogP contribution in [0.25, 0.3) is 0 Å². The maximum absolute atomic E-state index is 13.5. The van der Waals surface area contributed by atoms with Gasteiger partial charge in [-0.25, -0.2) is 4.39 Å². The Hall–Kier alpha value is -3.38. The number of benzene rings is 3. The minimum absolute atomic E-state index is 0.0356. The second-order valence-electron chi connectivity index (χ2n) is 8.30. The van der Waals surface area contributed by atoms with Crippen LogP contribution in [0, 0.1) is 5.82 Å². The number of hydrogen-bond donors (Lipinski definition) is 0. The van der Waals surface area contributed by atoms with Crippen LogP contribution in [0.5, 0.6) is 5.75 Å². The molecule has 0 fully saturated rings. The van der Waals surface area contributed by atoms with E-state index in [0.29, 0.717) is 34.9 Å². The number of anilines is 2. The summed E-state index contributed by atoms with van der Waals surface area (Å²) in [6, 6.07) is 17.7. The summed E-state index contributed by atoms with van der Waals surface area (Å²) in [6.45, 7) is 3.78. The molecule has 0 saturated heterocycles. The number of ether oxygens (including phenoxy) is 1. The minimum Gasteiger partial charge on any atom is -0.497 e. The zero-order valence-electron chi connectivity index (χ0n) is 19.3. The van der Waals surface area contributed by atoms with Gasteiger partial charge in [-0.15, -0.1) is 0 Å². The molecule has 0 radical (unpaired) electrons. The monoisotopic (exact) mass is 480 g/mol. The Balaban J connectivity index is 1.83. The number of amides is 2. The highest BCUT2D eigenvalue weighted by molar-refractivity contribution is 6.30. The number of hydrogen-bond acceptors (Lipinski definition) is 3. The zero-order valence-corrected chi connectivity index (χ0v) is 20.1. The quantitative estimate of drug-likeness (QED) is 0.424. The number of halogens is 2. The SMILES string of the molecule is CCC(=O)N(c1ccc(Cl)cc1)C1CC(C)N(C(=O)c2ccc(F)cc2)c2ccc(OC)cc21. The van der Waals surface area contributed by atoms with E-state index in [1.54, 1.807) is 35.1 Å². The van der Waals surface area contributed by atoms with Crippen LogP contribution in [0.4, 0.5) is 15.8 Å². The van der Waals surface area contributed by atoms with Crippen molar-refractivity contribution in [2.24, 2.45) is 0 Å². The molecule has 0 spiro atoms. The summed E-state index contributed by atoms with van der Waals surface area (Å²) in [4.78, 5) is 30.2. The van der Waals surface area contributed by atoms with Crippen LogP contribution in [-0.4, -0.2) is 25.0 Å². The fourth-order valence-electron chi connectivity index (χ4n) is 4.49. The van der Waals surface area contributed by atoms with Gasteiger partial charge in [0, 0.05) is 40.0 Å². The van der Waals surface area contributed by atoms with Gasteiger partial charge >= 0.3 is 0 Å². The van der Waals surface area contributed by atoms with Gasteiger partial charge < -0.3 is 14.5 Å². The molecule has 1 aliphatic heterocycles. The molecule has 3 aromatic rings. The van der Waals surface area contributed by atoms with Gasteiger partial charge in [-0.1, -0.05) is 18.5 Å². The molecule has 4 rings (SSSR count). The molecule has 0 bridgehead atoms. The van der Waals surface area contributed by atoms with Crippen LogP contribution in [0.1, 0.15) is 48.7 Å². The van der Waals surface area contributed by atoms with Crippen molar-refractivity contribution in [2.75, 3.05) is 16.9 Å². The first-order valence-electron chi connectivity index (χ1n) is 11.2. The lowest BCUT2D eigenvalue weighted by molar-refractivity contribution is -0.118. The number of fused-ring (bicyclic) bond motifs is 1. The van der Waals surface area contributed by atoms with Crippen molar-refractivity contribution in [1.29, 1.82) is 0 Å². The Bertz CT molecular complexity index is 1200. The summed E-state index contributed by atoms with van der Waals surface area (Å²) in [6.07, 6.45) is 0.840. The normalized spacial score (nSPS) is 17.1. The Morgan fingerprint density at radius 1 is 1.09 bits per heavy atom. The molecule has 176 valence electrons. The first-order valence-corrected chi connectivity index (χ1v) is 11.6. The molecule has 1 heterocycles. The van der Waals surface area contributed by atoms with Gasteiger partial charge in [-0.05, 0) is 80.1 Å². The van der Waals surface area contributed by atoms with E-state index in [4.69, 9.17) is 16.3 Å². The lowest BCUT2D eigenvalue weighted by atomic mass is 9.89. The van der Waals surface area contributed by atoms with Gasteiger partial charge in [0.1, 0.15) is 11.6 Å². The zero-order chi connectivity index (χ0) is 24.4. The van der Waals surface area contributed by atoms with Crippen molar-refractivity contribution in [1.82, 2.24) is 0 Å². The van der Waals surface area contributed by atoms with Crippen LogP contribution in [0.2, 0.25) is 5.02 Å². The molecular weight excluding hydrogens is 455 g/mol. The van der Waals surface area contributed by atoms with E-state index in [-0.39, 0.29) is 23.9 Å². The average Bonchev–Trinajstić information content (AvgIpc) is 2.85. The third-order valence-corrected chi connectivity index (χ3v) is 6.41. The Morgan fingerprint density at radius 2 is 1.76 bits per heavy atom. The van der Waals surface area contributed by atoms with Crippen LogP contribution >= 0.6 is 11.6 Å². The molecule has 34 heavy (non-hydrogen) atoms. The van der Waals surface area contributed by atoms with Crippen LogP contribution < -0.4 is 14.5 Å². The maximum Gasteiger partial charge on any atom is 0.258 e. The molecule has 2 unspecified atom stereocenters. The predicted octanol–water partition coefficient (Wildman–Crippen LogP) is 6.41. The van der Waals surface area contributed by atoms with Crippen molar-refractivity contribution in [3.05, 3.63) is 88.7 Å². The highest BCUT2D eigenvalue weighted by Crippen LogP contribution is 2.44. The first kappa shape index (κ1) is 23.8. The van der Waals surface area contributed by atoms with Crippen LogP contribution in [-0.2, 0) is 4.79 Å². The van der Waals surface area contributed by atoms with Crippen LogP contribution in [0.3, 0.4) is 0 Å². The summed E-state index contributed by atoms with van der Waals surface area (Å²) in [5.41, 5.74) is 2.64. The summed E-state index contributed by atoms with van der Waals surface area (Å²) in [7, 11) is 1.58. The van der Waals surface area contributed by atoms with Crippen molar-refractivity contribution in [3.63, 3.8) is 0 Å². The lowest BCUT2D eigenvalue weighted by Gasteiger charge is -2.43.